The number of nitrogens with zero attached hydrogens (tertiary/aromatic N) is 1. The summed E-state index contributed by atoms with van der Waals surface area (Å²) in [5, 5.41) is 2.96. The molecule has 0 saturated carbocycles. The van der Waals surface area contributed by atoms with E-state index >= 15 is 0 Å². The van der Waals surface area contributed by atoms with E-state index in [2.05, 4.69) is 11.4 Å². The summed E-state index contributed by atoms with van der Waals surface area (Å²) >= 11 is 1.50. The molecule has 0 aromatic heterocycles. The van der Waals surface area contributed by atoms with Crippen LogP contribution in [0, 0.1) is 6.92 Å². The Hall–Kier alpha value is -2.27. The van der Waals surface area contributed by atoms with E-state index in [9.17, 15) is 9.59 Å². The van der Waals surface area contributed by atoms with Gasteiger partial charge < -0.3 is 10.2 Å². The highest BCUT2D eigenvalue weighted by Crippen LogP contribution is 2.20. The third-order valence-electron chi connectivity index (χ3n) is 4.36. The van der Waals surface area contributed by atoms with Crippen molar-refractivity contribution in [3.63, 3.8) is 0 Å². The van der Waals surface area contributed by atoms with Gasteiger partial charge in [-0.3, -0.25) is 9.59 Å². The first-order valence-corrected chi connectivity index (χ1v) is 10.7. The number of hydrogen-bond acceptors (Lipinski definition) is 3. The maximum absolute atomic E-state index is 13.1. The zero-order valence-corrected chi connectivity index (χ0v) is 18.0. The van der Waals surface area contributed by atoms with E-state index < -0.39 is 6.04 Å². The number of carbonyl (C=O) groups is 2. The first-order valence-electron chi connectivity index (χ1n) is 9.74. The Bertz CT molecular complexity index is 777. The van der Waals surface area contributed by atoms with Crippen molar-refractivity contribution in [3.05, 3.63) is 65.7 Å². The minimum Gasteiger partial charge on any atom is -0.352 e. The molecule has 0 bridgehead atoms. The van der Waals surface area contributed by atoms with Crippen LogP contribution in [0.25, 0.3) is 0 Å². The normalized spacial score (nSPS) is 11.9. The van der Waals surface area contributed by atoms with E-state index in [0.29, 0.717) is 18.7 Å². The lowest BCUT2D eigenvalue weighted by atomic mass is 10.1. The number of amides is 2. The van der Waals surface area contributed by atoms with Crippen molar-refractivity contribution in [2.75, 3.05) is 5.75 Å². The van der Waals surface area contributed by atoms with E-state index in [4.69, 9.17) is 0 Å². The van der Waals surface area contributed by atoms with Gasteiger partial charge >= 0.3 is 0 Å². The zero-order chi connectivity index (χ0) is 20.5. The van der Waals surface area contributed by atoms with Crippen LogP contribution in [0.2, 0.25) is 0 Å². The van der Waals surface area contributed by atoms with Crippen LogP contribution in [0.15, 0.2) is 59.5 Å². The number of benzene rings is 2. The molecule has 2 aromatic rings. The molecular weight excluding hydrogens is 368 g/mol. The van der Waals surface area contributed by atoms with Gasteiger partial charge in [-0.1, -0.05) is 55.0 Å². The number of aryl methyl sites for hydroxylation is 1. The van der Waals surface area contributed by atoms with Crippen LogP contribution in [-0.2, 0) is 16.1 Å². The zero-order valence-electron chi connectivity index (χ0n) is 17.1. The number of rotatable bonds is 9. The van der Waals surface area contributed by atoms with E-state index in [-0.39, 0.29) is 17.9 Å². The van der Waals surface area contributed by atoms with Gasteiger partial charge in [-0.25, -0.2) is 0 Å². The highest BCUT2D eigenvalue weighted by atomic mass is 32.2. The van der Waals surface area contributed by atoms with Gasteiger partial charge in [0.15, 0.2) is 0 Å². The SMILES string of the molecule is CCC(C(=O)NC(C)C)N(Cc1cccc(C)c1)C(=O)CSc1ccccc1. The summed E-state index contributed by atoms with van der Waals surface area (Å²) in [6, 6.07) is 17.5. The van der Waals surface area contributed by atoms with Crippen LogP contribution in [0.1, 0.15) is 38.3 Å². The number of thioether (sulfide) groups is 1. The second-order valence-electron chi connectivity index (χ2n) is 7.20. The molecule has 2 amide bonds. The molecule has 0 heterocycles. The molecule has 0 radical (unpaired) electrons. The summed E-state index contributed by atoms with van der Waals surface area (Å²) < 4.78 is 0. The van der Waals surface area contributed by atoms with Crippen molar-refractivity contribution < 1.29 is 9.59 Å². The third-order valence-corrected chi connectivity index (χ3v) is 5.35. The quantitative estimate of drug-likeness (QED) is 0.636. The second kappa shape index (κ2) is 10.9. The predicted molar refractivity (Wildman–Crippen MR) is 116 cm³/mol. The fraction of sp³-hybridized carbons (Fsp3) is 0.391. The van der Waals surface area contributed by atoms with Crippen LogP contribution >= 0.6 is 11.8 Å². The highest BCUT2D eigenvalue weighted by Gasteiger charge is 2.28. The maximum Gasteiger partial charge on any atom is 0.243 e. The molecule has 0 aliphatic heterocycles. The molecular formula is C23H30N2O2S. The van der Waals surface area contributed by atoms with Crippen molar-refractivity contribution in [3.8, 4) is 0 Å². The van der Waals surface area contributed by atoms with E-state index in [1.165, 1.54) is 11.8 Å². The molecule has 150 valence electrons. The first kappa shape index (κ1) is 22.0. The molecule has 0 fully saturated rings. The summed E-state index contributed by atoms with van der Waals surface area (Å²) in [7, 11) is 0. The fourth-order valence-corrected chi connectivity index (χ4v) is 3.86. The van der Waals surface area contributed by atoms with Crippen LogP contribution in [0.5, 0.6) is 0 Å². The van der Waals surface area contributed by atoms with Crippen LogP contribution < -0.4 is 5.32 Å². The minimum absolute atomic E-state index is 0.0267. The van der Waals surface area contributed by atoms with E-state index in [1.54, 1.807) is 4.90 Å². The monoisotopic (exact) mass is 398 g/mol. The molecule has 1 N–H and O–H groups in total. The van der Waals surface area contributed by atoms with Gasteiger partial charge in [0.1, 0.15) is 6.04 Å². The molecule has 0 aliphatic rings. The largest absolute Gasteiger partial charge is 0.352 e. The predicted octanol–water partition coefficient (Wildman–Crippen LogP) is 4.42. The van der Waals surface area contributed by atoms with E-state index in [0.717, 1.165) is 16.0 Å². The Balaban J connectivity index is 2.20. The Kier molecular flexibility index (Phi) is 8.58. The number of nitrogens with one attached hydrogen (secondary N) is 1. The lowest BCUT2D eigenvalue weighted by molar-refractivity contribution is -0.139. The minimum atomic E-state index is -0.480. The van der Waals surface area contributed by atoms with Gasteiger partial charge in [0.25, 0.3) is 0 Å². The van der Waals surface area contributed by atoms with Gasteiger partial charge in [0, 0.05) is 17.5 Å². The van der Waals surface area contributed by atoms with Crippen LogP contribution in [-0.4, -0.2) is 34.6 Å². The standard InChI is InChI=1S/C23H30N2O2S/c1-5-21(23(27)24-17(2)3)25(15-19-11-9-10-18(4)14-19)22(26)16-28-20-12-7-6-8-13-20/h6-14,17,21H,5,15-16H2,1-4H3,(H,24,27). The highest BCUT2D eigenvalue weighted by molar-refractivity contribution is 8.00. The summed E-state index contributed by atoms with van der Waals surface area (Å²) in [5.74, 6) is 0.186. The van der Waals surface area contributed by atoms with Crippen LogP contribution in [0.4, 0.5) is 0 Å². The third kappa shape index (κ3) is 6.71. The summed E-state index contributed by atoms with van der Waals surface area (Å²) in [5.41, 5.74) is 2.18. The van der Waals surface area contributed by atoms with Crippen molar-refractivity contribution >= 4 is 23.6 Å². The molecule has 5 heteroatoms. The maximum atomic E-state index is 13.1. The molecule has 28 heavy (non-hydrogen) atoms. The molecule has 1 atom stereocenters. The van der Waals surface area contributed by atoms with Gasteiger partial charge in [-0.15, -0.1) is 11.8 Å². The Morgan fingerprint density at radius 3 is 2.39 bits per heavy atom. The van der Waals surface area contributed by atoms with Crippen molar-refractivity contribution in [1.82, 2.24) is 10.2 Å². The summed E-state index contributed by atoms with van der Waals surface area (Å²) in [4.78, 5) is 28.6. The molecule has 2 rings (SSSR count). The van der Waals surface area contributed by atoms with E-state index in [1.807, 2.05) is 76.2 Å². The average Bonchev–Trinajstić information content (AvgIpc) is 2.66. The fourth-order valence-electron chi connectivity index (χ4n) is 3.05. The number of hydrogen-bond donors (Lipinski definition) is 1. The van der Waals surface area contributed by atoms with Gasteiger partial charge in [0.2, 0.25) is 11.8 Å². The van der Waals surface area contributed by atoms with Gasteiger partial charge in [-0.2, -0.15) is 0 Å². The Morgan fingerprint density at radius 2 is 1.79 bits per heavy atom. The molecule has 0 spiro atoms. The first-order chi connectivity index (χ1) is 13.4. The Labute approximate surface area is 172 Å². The van der Waals surface area contributed by atoms with Gasteiger partial charge in [-0.05, 0) is 44.9 Å². The molecule has 4 nitrogen and oxygen atoms in total. The average molecular weight is 399 g/mol. The smallest absolute Gasteiger partial charge is 0.243 e. The van der Waals surface area contributed by atoms with Crippen molar-refractivity contribution in [2.45, 2.75) is 57.6 Å². The van der Waals surface area contributed by atoms with Gasteiger partial charge in [0.05, 0.1) is 5.75 Å². The molecule has 0 saturated heterocycles. The molecule has 2 aromatic carbocycles. The molecule has 0 aliphatic carbocycles. The topological polar surface area (TPSA) is 49.4 Å². The summed E-state index contributed by atoms with van der Waals surface area (Å²) in [6.07, 6.45) is 0.576. The van der Waals surface area contributed by atoms with Crippen LogP contribution in [0.3, 0.4) is 0 Å². The number of carbonyl (C=O) groups excluding carboxylic acids is 2. The lowest BCUT2D eigenvalue weighted by Gasteiger charge is -2.31. The Morgan fingerprint density at radius 1 is 1.07 bits per heavy atom. The molecule has 1 unspecified atom stereocenters. The summed E-state index contributed by atoms with van der Waals surface area (Å²) in [6.45, 7) is 8.28. The second-order valence-corrected chi connectivity index (χ2v) is 8.25. The van der Waals surface area contributed by atoms with Crippen molar-refractivity contribution in [2.24, 2.45) is 0 Å². The lowest BCUT2D eigenvalue weighted by Crippen LogP contribution is -2.50. The van der Waals surface area contributed by atoms with Crippen molar-refractivity contribution in [1.29, 1.82) is 0 Å².